The quantitative estimate of drug-likeness (QED) is 0.409. The highest BCUT2D eigenvalue weighted by Gasteiger charge is 2.33. The van der Waals surface area contributed by atoms with Crippen molar-refractivity contribution in [1.82, 2.24) is 10.2 Å². The van der Waals surface area contributed by atoms with Gasteiger partial charge in [-0.25, -0.2) is 8.42 Å². The van der Waals surface area contributed by atoms with Crippen molar-refractivity contribution in [1.29, 1.82) is 0 Å². The highest BCUT2D eigenvalue weighted by atomic mass is 32.2. The number of aryl methyl sites for hydroxylation is 4. The Bertz CT molecular complexity index is 1380. The van der Waals surface area contributed by atoms with Crippen LogP contribution in [0.15, 0.2) is 71.6 Å². The predicted octanol–water partition coefficient (Wildman–Crippen LogP) is 4.67. The van der Waals surface area contributed by atoms with Crippen molar-refractivity contribution in [2.24, 2.45) is 0 Å². The minimum Gasteiger partial charge on any atom is -0.357 e. The molecule has 38 heavy (non-hydrogen) atoms. The zero-order valence-electron chi connectivity index (χ0n) is 23.0. The van der Waals surface area contributed by atoms with E-state index >= 15 is 0 Å². The fraction of sp³-hybridized carbons (Fsp3) is 0.333. The summed E-state index contributed by atoms with van der Waals surface area (Å²) in [6, 6.07) is 19.0. The van der Waals surface area contributed by atoms with Crippen molar-refractivity contribution < 1.29 is 18.0 Å². The third-order valence-electron chi connectivity index (χ3n) is 6.61. The summed E-state index contributed by atoms with van der Waals surface area (Å²) in [7, 11) is -2.56. The lowest BCUT2D eigenvalue weighted by Crippen LogP contribution is -2.51. The molecular formula is C30H37N3O4S. The molecule has 0 saturated carbocycles. The van der Waals surface area contributed by atoms with Crippen LogP contribution in [0, 0.1) is 27.7 Å². The number of carbonyl (C=O) groups excluding carboxylic acids is 2. The van der Waals surface area contributed by atoms with Crippen molar-refractivity contribution in [3.05, 3.63) is 94.5 Å². The summed E-state index contributed by atoms with van der Waals surface area (Å²) in [5, 5.41) is 2.64. The van der Waals surface area contributed by atoms with E-state index in [0.29, 0.717) is 12.1 Å². The number of rotatable bonds is 10. The molecule has 7 nitrogen and oxygen atoms in total. The number of benzene rings is 3. The monoisotopic (exact) mass is 535 g/mol. The van der Waals surface area contributed by atoms with Crippen LogP contribution in [0.1, 0.15) is 41.2 Å². The topological polar surface area (TPSA) is 86.8 Å². The van der Waals surface area contributed by atoms with Crippen LogP contribution in [0.2, 0.25) is 0 Å². The summed E-state index contributed by atoms with van der Waals surface area (Å²) >= 11 is 0. The van der Waals surface area contributed by atoms with E-state index in [9.17, 15) is 18.0 Å². The first-order chi connectivity index (χ1) is 18.0. The van der Waals surface area contributed by atoms with Crippen LogP contribution in [0.4, 0.5) is 5.69 Å². The molecule has 1 unspecified atom stereocenters. The summed E-state index contributed by atoms with van der Waals surface area (Å²) < 4.78 is 29.0. The second kappa shape index (κ2) is 12.3. The minimum absolute atomic E-state index is 0.0966. The fourth-order valence-corrected chi connectivity index (χ4v) is 5.89. The Balaban J connectivity index is 2.09. The van der Waals surface area contributed by atoms with Gasteiger partial charge < -0.3 is 10.2 Å². The highest BCUT2D eigenvalue weighted by molar-refractivity contribution is 7.92. The average molecular weight is 536 g/mol. The van der Waals surface area contributed by atoms with E-state index in [1.165, 1.54) is 11.9 Å². The maximum Gasteiger partial charge on any atom is 0.264 e. The Morgan fingerprint density at radius 1 is 0.842 bits per heavy atom. The number of hydrogen-bond acceptors (Lipinski definition) is 4. The van der Waals surface area contributed by atoms with Crippen LogP contribution in [-0.2, 0) is 26.2 Å². The van der Waals surface area contributed by atoms with E-state index in [-0.39, 0.29) is 17.3 Å². The molecule has 3 aromatic carbocycles. The normalized spacial score (nSPS) is 12.1. The van der Waals surface area contributed by atoms with Crippen LogP contribution in [-0.4, -0.2) is 44.8 Å². The van der Waals surface area contributed by atoms with Gasteiger partial charge in [0.2, 0.25) is 11.8 Å². The highest BCUT2D eigenvalue weighted by Crippen LogP contribution is 2.28. The summed E-state index contributed by atoms with van der Waals surface area (Å²) in [6.45, 7) is 9.18. The van der Waals surface area contributed by atoms with E-state index in [2.05, 4.69) is 5.32 Å². The number of anilines is 1. The predicted molar refractivity (Wildman–Crippen MR) is 152 cm³/mol. The van der Waals surface area contributed by atoms with Crippen molar-refractivity contribution in [3.63, 3.8) is 0 Å². The number of sulfonamides is 1. The number of hydrogen-bond donors (Lipinski definition) is 1. The Morgan fingerprint density at radius 3 is 1.92 bits per heavy atom. The number of nitrogens with zero attached hydrogens (tertiary/aromatic N) is 2. The first kappa shape index (κ1) is 28.9. The Morgan fingerprint density at radius 2 is 1.39 bits per heavy atom. The first-order valence-electron chi connectivity index (χ1n) is 12.7. The maximum atomic E-state index is 14.0. The van der Waals surface area contributed by atoms with Crippen LogP contribution in [0.3, 0.4) is 0 Å². The standard InChI is InChI=1S/C30H37N3O4S/c1-7-27(30(35)31-6)32(19-25-13-8-21(2)9-14-25)29(34)20-33(28-17-12-23(4)18-24(28)5)38(36,37)26-15-10-22(3)11-16-26/h8-18,27H,7,19-20H2,1-6H3,(H,31,35). The summed E-state index contributed by atoms with van der Waals surface area (Å²) in [6.07, 6.45) is 0.381. The molecule has 0 aliphatic carbocycles. The molecule has 0 heterocycles. The molecule has 0 fully saturated rings. The zero-order chi connectivity index (χ0) is 28.0. The molecule has 0 aromatic heterocycles. The summed E-state index contributed by atoms with van der Waals surface area (Å²) in [5.74, 6) is -0.760. The maximum absolute atomic E-state index is 14.0. The van der Waals surface area contributed by atoms with Gasteiger partial charge in [0.1, 0.15) is 12.6 Å². The molecule has 0 radical (unpaired) electrons. The molecule has 3 aromatic rings. The minimum atomic E-state index is -4.09. The molecule has 1 atom stereocenters. The first-order valence-corrected chi connectivity index (χ1v) is 14.1. The fourth-order valence-electron chi connectivity index (χ4n) is 4.41. The van der Waals surface area contributed by atoms with Gasteiger partial charge in [-0.05, 0) is 63.4 Å². The molecule has 202 valence electrons. The molecule has 8 heteroatoms. The van der Waals surface area contributed by atoms with Crippen LogP contribution in [0.25, 0.3) is 0 Å². The Labute approximate surface area is 226 Å². The van der Waals surface area contributed by atoms with Gasteiger partial charge in [0.25, 0.3) is 10.0 Å². The third-order valence-corrected chi connectivity index (χ3v) is 8.39. The van der Waals surface area contributed by atoms with Gasteiger partial charge in [-0.15, -0.1) is 0 Å². The van der Waals surface area contributed by atoms with E-state index in [1.807, 2.05) is 71.0 Å². The third kappa shape index (κ3) is 6.61. The second-order valence-corrected chi connectivity index (χ2v) is 11.5. The molecule has 0 bridgehead atoms. The van der Waals surface area contributed by atoms with E-state index in [1.54, 1.807) is 30.3 Å². The van der Waals surface area contributed by atoms with Gasteiger partial charge in [-0.1, -0.05) is 72.1 Å². The molecule has 1 N–H and O–H groups in total. The smallest absolute Gasteiger partial charge is 0.264 e. The number of nitrogens with one attached hydrogen (secondary N) is 1. The lowest BCUT2D eigenvalue weighted by Gasteiger charge is -2.33. The zero-order valence-corrected chi connectivity index (χ0v) is 23.8. The van der Waals surface area contributed by atoms with Gasteiger partial charge in [0, 0.05) is 13.6 Å². The number of likely N-dealkylation sites (N-methyl/N-ethyl adjacent to an activating group) is 1. The SMILES string of the molecule is CCC(C(=O)NC)N(Cc1ccc(C)cc1)C(=O)CN(c1ccc(C)cc1C)S(=O)(=O)c1ccc(C)cc1. The second-order valence-electron chi connectivity index (χ2n) is 9.66. The lowest BCUT2D eigenvalue weighted by atomic mass is 10.1. The number of carbonyl (C=O) groups is 2. The molecule has 0 spiro atoms. The Hall–Kier alpha value is -3.65. The Kier molecular flexibility index (Phi) is 9.33. The van der Waals surface area contributed by atoms with Crippen molar-refractivity contribution >= 4 is 27.5 Å². The average Bonchev–Trinajstić information content (AvgIpc) is 2.88. The van der Waals surface area contributed by atoms with E-state index < -0.39 is 28.5 Å². The lowest BCUT2D eigenvalue weighted by molar-refractivity contribution is -0.140. The van der Waals surface area contributed by atoms with Crippen LogP contribution >= 0.6 is 0 Å². The molecule has 0 aliphatic heterocycles. The van der Waals surface area contributed by atoms with Crippen LogP contribution < -0.4 is 9.62 Å². The molecule has 3 rings (SSSR count). The van der Waals surface area contributed by atoms with Gasteiger partial charge in [-0.3, -0.25) is 13.9 Å². The molecule has 2 amide bonds. The summed E-state index contributed by atoms with van der Waals surface area (Å²) in [4.78, 5) is 28.3. The van der Waals surface area contributed by atoms with Crippen molar-refractivity contribution in [2.45, 2.75) is 58.5 Å². The van der Waals surface area contributed by atoms with Gasteiger partial charge in [0.15, 0.2) is 0 Å². The number of amides is 2. The van der Waals surface area contributed by atoms with Crippen molar-refractivity contribution in [2.75, 3.05) is 17.9 Å². The van der Waals surface area contributed by atoms with Gasteiger partial charge in [-0.2, -0.15) is 0 Å². The molecule has 0 saturated heterocycles. The molecule has 0 aliphatic rings. The van der Waals surface area contributed by atoms with Gasteiger partial charge >= 0.3 is 0 Å². The van der Waals surface area contributed by atoms with Crippen LogP contribution in [0.5, 0.6) is 0 Å². The largest absolute Gasteiger partial charge is 0.357 e. The van der Waals surface area contributed by atoms with Gasteiger partial charge in [0.05, 0.1) is 10.6 Å². The summed E-state index contributed by atoms with van der Waals surface area (Å²) in [5.41, 5.74) is 5.00. The van der Waals surface area contributed by atoms with Crippen molar-refractivity contribution in [3.8, 4) is 0 Å². The molecular weight excluding hydrogens is 498 g/mol. The van der Waals surface area contributed by atoms with E-state index in [0.717, 1.165) is 32.1 Å². The van der Waals surface area contributed by atoms with E-state index in [4.69, 9.17) is 0 Å².